The molecule has 0 amide bonds. The fraction of sp³-hybridized carbons (Fsp3) is 0.125. The maximum Gasteiger partial charge on any atom is 0.295 e. The summed E-state index contributed by atoms with van der Waals surface area (Å²) in [5.74, 6) is 0.621. The first-order valence-corrected chi connectivity index (χ1v) is 8.32. The Bertz CT molecular complexity index is 884. The molecule has 1 heterocycles. The van der Waals surface area contributed by atoms with Gasteiger partial charge in [-0.3, -0.25) is 4.84 Å². The zero-order valence-electron chi connectivity index (χ0n) is 12.4. The van der Waals surface area contributed by atoms with Crippen LogP contribution in [-0.4, -0.2) is 15.5 Å². The van der Waals surface area contributed by atoms with Gasteiger partial charge in [0, 0.05) is 17.0 Å². The summed E-state index contributed by atoms with van der Waals surface area (Å²) in [6.45, 7) is 0.0312. The first-order chi connectivity index (χ1) is 11.1. The predicted molar refractivity (Wildman–Crippen MR) is 84.3 cm³/mol. The quantitative estimate of drug-likeness (QED) is 0.702. The van der Waals surface area contributed by atoms with E-state index in [0.29, 0.717) is 16.7 Å². The molecule has 2 aromatic carbocycles. The first kappa shape index (κ1) is 15.5. The molecular formula is C16H15NO5S. The first-order valence-electron chi connectivity index (χ1n) is 6.84. The Hall–Kier alpha value is -2.35. The minimum Gasteiger partial charge on any atom is -0.496 e. The number of rotatable bonds is 6. The van der Waals surface area contributed by atoms with E-state index < -0.39 is 10.0 Å². The van der Waals surface area contributed by atoms with Crippen molar-refractivity contribution in [2.24, 2.45) is 0 Å². The third-order valence-electron chi connectivity index (χ3n) is 3.26. The van der Waals surface area contributed by atoms with Crippen molar-refractivity contribution in [3.8, 4) is 5.75 Å². The van der Waals surface area contributed by atoms with E-state index in [-0.39, 0.29) is 11.7 Å². The van der Waals surface area contributed by atoms with Crippen molar-refractivity contribution in [3.05, 3.63) is 60.2 Å². The Morgan fingerprint density at radius 2 is 1.83 bits per heavy atom. The van der Waals surface area contributed by atoms with E-state index in [4.69, 9.17) is 14.0 Å². The lowest BCUT2D eigenvalue weighted by atomic mass is 10.2. The Morgan fingerprint density at radius 1 is 1.09 bits per heavy atom. The Labute approximate surface area is 133 Å². The molecule has 0 bridgehead atoms. The molecule has 0 fully saturated rings. The monoisotopic (exact) mass is 333 g/mol. The summed E-state index contributed by atoms with van der Waals surface area (Å²) < 4.78 is 34.9. The summed E-state index contributed by atoms with van der Waals surface area (Å²) in [5, 5.41) is 0.510. The molecule has 0 aliphatic rings. The minimum atomic E-state index is -3.89. The zero-order chi connectivity index (χ0) is 16.3. The largest absolute Gasteiger partial charge is 0.496 e. The molecule has 0 atom stereocenters. The van der Waals surface area contributed by atoms with Crippen LogP contribution >= 0.6 is 0 Å². The smallest absolute Gasteiger partial charge is 0.295 e. The third-order valence-corrected chi connectivity index (χ3v) is 4.32. The molecule has 3 rings (SSSR count). The van der Waals surface area contributed by atoms with Gasteiger partial charge in [0.2, 0.25) is 5.09 Å². The summed E-state index contributed by atoms with van der Waals surface area (Å²) in [6, 6.07) is 15.7. The Balaban J connectivity index is 1.71. The zero-order valence-corrected chi connectivity index (χ0v) is 13.2. The minimum absolute atomic E-state index is 0.0312. The SMILES string of the molecule is COc1ccccc1CONS(=O)(=O)c1cc2ccccc2o1. The van der Waals surface area contributed by atoms with E-state index in [1.54, 1.807) is 36.4 Å². The van der Waals surface area contributed by atoms with Crippen molar-refractivity contribution < 1.29 is 22.4 Å². The van der Waals surface area contributed by atoms with Crippen molar-refractivity contribution in [2.45, 2.75) is 11.7 Å². The maximum absolute atomic E-state index is 12.2. The van der Waals surface area contributed by atoms with Crippen molar-refractivity contribution >= 4 is 21.0 Å². The lowest BCUT2D eigenvalue weighted by molar-refractivity contribution is 0.0770. The molecule has 6 nitrogen and oxygen atoms in total. The van der Waals surface area contributed by atoms with Gasteiger partial charge in [0.25, 0.3) is 10.0 Å². The van der Waals surface area contributed by atoms with Crippen LogP contribution in [-0.2, 0) is 21.5 Å². The number of ether oxygens (including phenoxy) is 1. The number of hydrogen-bond acceptors (Lipinski definition) is 5. The van der Waals surface area contributed by atoms with Crippen LogP contribution in [0.3, 0.4) is 0 Å². The van der Waals surface area contributed by atoms with Gasteiger partial charge >= 0.3 is 0 Å². The van der Waals surface area contributed by atoms with E-state index in [0.717, 1.165) is 5.56 Å². The summed E-state index contributed by atoms with van der Waals surface area (Å²) in [5.41, 5.74) is 1.22. The number of hydrogen-bond donors (Lipinski definition) is 1. The number of fused-ring (bicyclic) bond motifs is 1. The predicted octanol–water partition coefficient (Wildman–Crippen LogP) is 2.85. The van der Waals surface area contributed by atoms with Crippen molar-refractivity contribution in [3.63, 3.8) is 0 Å². The van der Waals surface area contributed by atoms with Crippen LogP contribution in [0.2, 0.25) is 0 Å². The molecule has 1 N–H and O–H groups in total. The highest BCUT2D eigenvalue weighted by atomic mass is 32.2. The second-order valence-corrected chi connectivity index (χ2v) is 6.37. The number of nitrogens with one attached hydrogen (secondary N) is 1. The van der Waals surface area contributed by atoms with E-state index in [1.165, 1.54) is 13.2 Å². The van der Waals surface area contributed by atoms with Crippen LogP contribution in [0.1, 0.15) is 5.56 Å². The van der Waals surface area contributed by atoms with Gasteiger partial charge in [0.05, 0.1) is 13.7 Å². The number of sulfonamides is 1. The van der Waals surface area contributed by atoms with Crippen LogP contribution in [0.25, 0.3) is 11.0 Å². The lowest BCUT2D eigenvalue weighted by Gasteiger charge is -2.08. The highest BCUT2D eigenvalue weighted by Crippen LogP contribution is 2.22. The summed E-state index contributed by atoms with van der Waals surface area (Å²) >= 11 is 0. The Morgan fingerprint density at radius 3 is 2.61 bits per heavy atom. The molecule has 23 heavy (non-hydrogen) atoms. The van der Waals surface area contributed by atoms with Crippen LogP contribution in [0.15, 0.2) is 64.1 Å². The maximum atomic E-state index is 12.2. The highest BCUT2D eigenvalue weighted by molar-refractivity contribution is 7.89. The van der Waals surface area contributed by atoms with E-state index in [1.807, 2.05) is 12.1 Å². The average Bonchev–Trinajstić information content (AvgIpc) is 3.00. The number of benzene rings is 2. The molecule has 3 aromatic rings. The van der Waals surface area contributed by atoms with Gasteiger partial charge in [-0.1, -0.05) is 41.3 Å². The van der Waals surface area contributed by atoms with E-state index >= 15 is 0 Å². The van der Waals surface area contributed by atoms with Crippen molar-refractivity contribution in [2.75, 3.05) is 7.11 Å². The van der Waals surface area contributed by atoms with Gasteiger partial charge in [-0.05, 0) is 12.1 Å². The number of para-hydroxylation sites is 2. The standard InChI is InChI=1S/C16H15NO5S/c1-20-14-8-4-3-7-13(14)11-21-17-23(18,19)16-10-12-6-2-5-9-15(12)22-16/h2-10,17H,11H2,1H3. The Kier molecular flexibility index (Phi) is 4.33. The molecule has 0 aliphatic carbocycles. The van der Waals surface area contributed by atoms with Gasteiger partial charge < -0.3 is 9.15 Å². The van der Waals surface area contributed by atoms with Gasteiger partial charge in [-0.2, -0.15) is 0 Å². The normalized spacial score (nSPS) is 11.7. The van der Waals surface area contributed by atoms with Gasteiger partial charge in [0.1, 0.15) is 11.3 Å². The van der Waals surface area contributed by atoms with Crippen LogP contribution in [0, 0.1) is 0 Å². The van der Waals surface area contributed by atoms with Crippen molar-refractivity contribution in [1.29, 1.82) is 0 Å². The summed E-state index contributed by atoms with van der Waals surface area (Å²) in [6.07, 6.45) is 0. The lowest BCUT2D eigenvalue weighted by Crippen LogP contribution is -2.23. The number of methoxy groups -OCH3 is 1. The van der Waals surface area contributed by atoms with Gasteiger partial charge in [-0.25, -0.2) is 8.42 Å². The second-order valence-electron chi connectivity index (χ2n) is 4.79. The van der Waals surface area contributed by atoms with Gasteiger partial charge in [0.15, 0.2) is 0 Å². The van der Waals surface area contributed by atoms with Crippen LogP contribution in [0.5, 0.6) is 5.75 Å². The molecular weight excluding hydrogens is 318 g/mol. The molecule has 0 saturated carbocycles. The molecule has 1 aromatic heterocycles. The fourth-order valence-electron chi connectivity index (χ4n) is 2.14. The van der Waals surface area contributed by atoms with Gasteiger partial charge in [-0.15, -0.1) is 0 Å². The molecule has 7 heteroatoms. The fourth-order valence-corrected chi connectivity index (χ4v) is 2.92. The van der Waals surface area contributed by atoms with Crippen molar-refractivity contribution in [1.82, 2.24) is 4.89 Å². The molecule has 0 radical (unpaired) electrons. The molecule has 0 spiro atoms. The van der Waals surface area contributed by atoms with E-state index in [9.17, 15) is 8.42 Å². The van der Waals surface area contributed by atoms with Crippen LogP contribution < -0.4 is 9.62 Å². The average molecular weight is 333 g/mol. The summed E-state index contributed by atoms with van der Waals surface area (Å²) in [7, 11) is -2.35. The van der Waals surface area contributed by atoms with Crippen LogP contribution in [0.4, 0.5) is 0 Å². The highest BCUT2D eigenvalue weighted by Gasteiger charge is 2.20. The number of furan rings is 1. The molecule has 0 unspecified atom stereocenters. The molecule has 120 valence electrons. The molecule has 0 saturated heterocycles. The second kappa shape index (κ2) is 6.41. The topological polar surface area (TPSA) is 77.8 Å². The third kappa shape index (κ3) is 3.37. The van der Waals surface area contributed by atoms with E-state index in [2.05, 4.69) is 4.89 Å². The summed E-state index contributed by atoms with van der Waals surface area (Å²) in [4.78, 5) is 7.16. The molecule has 0 aliphatic heterocycles.